The monoisotopic (exact) mass is 245 g/mol. The largest absolute Gasteiger partial charge is 0.508 e. The zero-order chi connectivity index (χ0) is 13.0. The fourth-order valence-electron chi connectivity index (χ4n) is 1.48. The fraction of sp³-hybridized carbons (Fsp3) is 0.143. The highest BCUT2D eigenvalue weighted by Crippen LogP contribution is 2.25. The second kappa shape index (κ2) is 5.31. The number of rotatable bonds is 4. The molecule has 2 aromatic rings. The summed E-state index contributed by atoms with van der Waals surface area (Å²) in [6, 6.07) is 12.6. The highest BCUT2D eigenvalue weighted by Gasteiger charge is 2.02. The Bertz CT molecular complexity index is 500. The van der Waals surface area contributed by atoms with Gasteiger partial charge in [0.25, 0.3) is 0 Å². The molecule has 0 amide bonds. The molecule has 0 aliphatic rings. The van der Waals surface area contributed by atoms with Crippen LogP contribution in [0.1, 0.15) is 5.56 Å². The van der Waals surface area contributed by atoms with Crippen molar-refractivity contribution in [3.05, 3.63) is 48.0 Å². The molecular weight excluding hydrogens is 232 g/mol. The Labute approximate surface area is 105 Å². The molecule has 2 rings (SSSR count). The van der Waals surface area contributed by atoms with Crippen molar-refractivity contribution < 1.29 is 19.7 Å². The summed E-state index contributed by atoms with van der Waals surface area (Å²) in [7, 11) is 1.61. The zero-order valence-electron chi connectivity index (χ0n) is 9.88. The molecule has 0 spiro atoms. The predicted octanol–water partition coefficient (Wildman–Crippen LogP) is 2.49. The van der Waals surface area contributed by atoms with Crippen LogP contribution in [0.25, 0.3) is 0 Å². The summed E-state index contributed by atoms with van der Waals surface area (Å²) in [6.07, 6.45) is 0. The molecule has 0 unspecified atom stereocenters. The van der Waals surface area contributed by atoms with E-state index in [4.69, 9.17) is 9.47 Å². The van der Waals surface area contributed by atoms with Gasteiger partial charge in [-0.2, -0.15) is 0 Å². The third-order valence-corrected chi connectivity index (χ3v) is 2.37. The van der Waals surface area contributed by atoms with Gasteiger partial charge in [0.15, 0.2) is 0 Å². The number of hydrogen-bond acceptors (Lipinski definition) is 4. The third kappa shape index (κ3) is 3.07. The van der Waals surface area contributed by atoms with Gasteiger partial charge in [-0.25, -0.2) is 0 Å². The summed E-state index contributed by atoms with van der Waals surface area (Å²) in [5.41, 5.74) is 0.951. The molecule has 0 heterocycles. The molecule has 0 fully saturated rings. The van der Waals surface area contributed by atoms with Gasteiger partial charge in [0.2, 0.25) is 0 Å². The average molecular weight is 245 g/mol. The first-order chi connectivity index (χ1) is 8.67. The minimum absolute atomic E-state index is 0.0593. The Morgan fingerprint density at radius 3 is 2.44 bits per heavy atom. The van der Waals surface area contributed by atoms with Gasteiger partial charge in [0.1, 0.15) is 29.6 Å². The maximum Gasteiger partial charge on any atom is 0.135 e. The molecular formula is C14H13O4. The highest BCUT2D eigenvalue weighted by atomic mass is 16.5. The fourth-order valence-corrected chi connectivity index (χ4v) is 1.48. The number of methoxy groups -OCH3 is 1. The Hall–Kier alpha value is -2.36. The van der Waals surface area contributed by atoms with Gasteiger partial charge in [-0.15, -0.1) is 0 Å². The summed E-state index contributed by atoms with van der Waals surface area (Å²) in [5.74, 6) is 0.861. The Balaban J connectivity index is 2.01. The number of hydrogen-bond donors (Lipinski definition) is 2. The Morgan fingerprint density at radius 2 is 1.83 bits per heavy atom. The summed E-state index contributed by atoms with van der Waals surface area (Å²) in [5, 5.41) is 18.5. The molecule has 2 N–H and O–H groups in total. The number of phenolic OH excluding ortho intramolecular Hbond substituents is 2. The SMILES string of the molecule is COc1ccc(COc2[c]c(O)cc(O)c2)cc1. The van der Waals surface area contributed by atoms with E-state index in [2.05, 4.69) is 6.07 Å². The third-order valence-electron chi connectivity index (χ3n) is 2.37. The van der Waals surface area contributed by atoms with Crippen molar-refractivity contribution in [3.63, 3.8) is 0 Å². The normalized spacial score (nSPS) is 10.1. The Kier molecular flexibility index (Phi) is 3.57. The molecule has 93 valence electrons. The topological polar surface area (TPSA) is 58.9 Å². The highest BCUT2D eigenvalue weighted by molar-refractivity contribution is 5.39. The minimum Gasteiger partial charge on any atom is -0.508 e. The molecule has 0 aromatic heterocycles. The second-order valence-corrected chi connectivity index (χ2v) is 3.72. The van der Waals surface area contributed by atoms with Crippen LogP contribution in [-0.4, -0.2) is 17.3 Å². The number of benzene rings is 2. The van der Waals surface area contributed by atoms with Crippen LogP contribution >= 0.6 is 0 Å². The first kappa shape index (κ1) is 12.1. The molecule has 0 saturated heterocycles. The van der Waals surface area contributed by atoms with E-state index >= 15 is 0 Å². The van der Waals surface area contributed by atoms with Crippen LogP contribution in [0.5, 0.6) is 23.0 Å². The van der Waals surface area contributed by atoms with Crippen molar-refractivity contribution in [1.29, 1.82) is 0 Å². The molecule has 1 radical (unpaired) electrons. The minimum atomic E-state index is -0.153. The van der Waals surface area contributed by atoms with Crippen molar-refractivity contribution in [2.45, 2.75) is 6.61 Å². The molecule has 4 heteroatoms. The van der Waals surface area contributed by atoms with E-state index in [1.54, 1.807) is 7.11 Å². The molecule has 0 atom stereocenters. The lowest BCUT2D eigenvalue weighted by molar-refractivity contribution is 0.301. The lowest BCUT2D eigenvalue weighted by Crippen LogP contribution is -1.95. The molecule has 0 bridgehead atoms. The van der Waals surface area contributed by atoms with E-state index in [9.17, 15) is 10.2 Å². The number of ether oxygens (including phenoxy) is 2. The van der Waals surface area contributed by atoms with Gasteiger partial charge >= 0.3 is 0 Å². The molecule has 0 aliphatic carbocycles. The maximum atomic E-state index is 9.28. The molecule has 0 saturated carbocycles. The van der Waals surface area contributed by atoms with Gasteiger partial charge in [0, 0.05) is 12.1 Å². The molecule has 4 nitrogen and oxygen atoms in total. The van der Waals surface area contributed by atoms with E-state index in [1.165, 1.54) is 12.1 Å². The van der Waals surface area contributed by atoms with Crippen molar-refractivity contribution in [1.82, 2.24) is 0 Å². The van der Waals surface area contributed by atoms with Crippen molar-refractivity contribution in [2.24, 2.45) is 0 Å². The maximum absolute atomic E-state index is 9.28. The lowest BCUT2D eigenvalue weighted by atomic mass is 10.2. The molecule has 18 heavy (non-hydrogen) atoms. The summed E-state index contributed by atoms with van der Waals surface area (Å²) in [6.45, 7) is 0.323. The van der Waals surface area contributed by atoms with Crippen LogP contribution in [0.2, 0.25) is 0 Å². The van der Waals surface area contributed by atoms with E-state index in [1.807, 2.05) is 24.3 Å². The van der Waals surface area contributed by atoms with Gasteiger partial charge in [0.05, 0.1) is 13.2 Å². The van der Waals surface area contributed by atoms with E-state index in [0.717, 1.165) is 11.3 Å². The van der Waals surface area contributed by atoms with Crippen LogP contribution in [-0.2, 0) is 6.61 Å². The van der Waals surface area contributed by atoms with Gasteiger partial charge < -0.3 is 19.7 Å². The Morgan fingerprint density at radius 1 is 1.11 bits per heavy atom. The zero-order valence-corrected chi connectivity index (χ0v) is 9.88. The first-order valence-corrected chi connectivity index (χ1v) is 5.38. The second-order valence-electron chi connectivity index (χ2n) is 3.72. The van der Waals surface area contributed by atoms with Crippen molar-refractivity contribution >= 4 is 0 Å². The smallest absolute Gasteiger partial charge is 0.135 e. The van der Waals surface area contributed by atoms with E-state index < -0.39 is 0 Å². The van der Waals surface area contributed by atoms with Crippen LogP contribution < -0.4 is 9.47 Å². The van der Waals surface area contributed by atoms with Gasteiger partial charge in [-0.1, -0.05) is 12.1 Å². The first-order valence-electron chi connectivity index (χ1n) is 5.38. The lowest BCUT2D eigenvalue weighted by Gasteiger charge is -2.07. The standard InChI is InChI=1S/C14H13O4/c1-17-13-4-2-10(3-5-13)9-18-14-7-11(15)6-12(16)8-14/h2-7,15-16H,9H2,1H3. The average Bonchev–Trinajstić information content (AvgIpc) is 2.36. The summed E-state index contributed by atoms with van der Waals surface area (Å²) >= 11 is 0. The van der Waals surface area contributed by atoms with E-state index in [-0.39, 0.29) is 11.5 Å². The number of aromatic hydroxyl groups is 2. The van der Waals surface area contributed by atoms with Crippen LogP contribution in [0.3, 0.4) is 0 Å². The molecule has 0 aliphatic heterocycles. The quantitative estimate of drug-likeness (QED) is 0.868. The van der Waals surface area contributed by atoms with E-state index in [0.29, 0.717) is 12.4 Å². The van der Waals surface area contributed by atoms with Crippen molar-refractivity contribution in [2.75, 3.05) is 7.11 Å². The summed E-state index contributed by atoms with van der Waals surface area (Å²) in [4.78, 5) is 0. The van der Waals surface area contributed by atoms with Gasteiger partial charge in [-0.05, 0) is 17.7 Å². The summed E-state index contributed by atoms with van der Waals surface area (Å²) < 4.78 is 10.5. The molecule has 2 aromatic carbocycles. The van der Waals surface area contributed by atoms with Gasteiger partial charge in [-0.3, -0.25) is 0 Å². The van der Waals surface area contributed by atoms with Crippen LogP contribution in [0, 0.1) is 6.07 Å². The van der Waals surface area contributed by atoms with Crippen LogP contribution in [0.4, 0.5) is 0 Å². The van der Waals surface area contributed by atoms with Crippen molar-refractivity contribution in [3.8, 4) is 23.0 Å². The van der Waals surface area contributed by atoms with Crippen LogP contribution in [0.15, 0.2) is 36.4 Å². The number of phenols is 2. The predicted molar refractivity (Wildman–Crippen MR) is 65.9 cm³/mol.